The second-order valence-electron chi connectivity index (χ2n) is 5.51. The van der Waals surface area contributed by atoms with Crippen molar-refractivity contribution in [2.45, 2.75) is 13.8 Å². The minimum atomic E-state index is -3.54. The van der Waals surface area contributed by atoms with Gasteiger partial charge in [-0.25, -0.2) is 8.42 Å². The maximum Gasteiger partial charge on any atom is 0.237 e. The van der Waals surface area contributed by atoms with Crippen molar-refractivity contribution in [2.24, 2.45) is 0 Å². The fraction of sp³-hybridized carbons (Fsp3) is 0.238. The summed E-state index contributed by atoms with van der Waals surface area (Å²) in [7, 11) is -1.95. The number of nitrogens with zero attached hydrogens (tertiary/aromatic N) is 1. The molecule has 4 nitrogen and oxygen atoms in total. The SMILES string of the molecule is CCN(CC)S(=O)(=O)/C=C(/C#Cc1cccc(OC)c1)c1ccccc1. The quantitative estimate of drug-likeness (QED) is 0.729. The Morgan fingerprint density at radius 3 is 2.38 bits per heavy atom. The maximum atomic E-state index is 12.7. The van der Waals surface area contributed by atoms with Crippen LogP contribution in [-0.4, -0.2) is 32.9 Å². The van der Waals surface area contributed by atoms with Crippen LogP contribution in [0, 0.1) is 11.8 Å². The number of sulfonamides is 1. The number of benzene rings is 2. The van der Waals surface area contributed by atoms with Crippen molar-refractivity contribution < 1.29 is 13.2 Å². The molecule has 0 atom stereocenters. The van der Waals surface area contributed by atoms with Crippen LogP contribution >= 0.6 is 0 Å². The summed E-state index contributed by atoms with van der Waals surface area (Å²) >= 11 is 0. The lowest BCUT2D eigenvalue weighted by Gasteiger charge is -2.16. The number of allylic oxidation sites excluding steroid dienone is 1. The third-order valence-electron chi connectivity index (χ3n) is 3.83. The van der Waals surface area contributed by atoms with Crippen molar-refractivity contribution in [1.29, 1.82) is 0 Å². The highest BCUT2D eigenvalue weighted by Crippen LogP contribution is 2.18. The van der Waals surface area contributed by atoms with E-state index in [-0.39, 0.29) is 0 Å². The Balaban J connectivity index is 2.50. The van der Waals surface area contributed by atoms with Gasteiger partial charge in [0.1, 0.15) is 5.75 Å². The summed E-state index contributed by atoms with van der Waals surface area (Å²) < 4.78 is 31.9. The molecule has 26 heavy (non-hydrogen) atoms. The van der Waals surface area contributed by atoms with Gasteiger partial charge < -0.3 is 4.74 Å². The van der Waals surface area contributed by atoms with Crippen LogP contribution in [0.3, 0.4) is 0 Å². The van der Waals surface area contributed by atoms with Gasteiger partial charge in [-0.05, 0) is 23.8 Å². The number of hydrogen-bond donors (Lipinski definition) is 0. The summed E-state index contributed by atoms with van der Waals surface area (Å²) in [6.07, 6.45) is 0. The van der Waals surface area contributed by atoms with Gasteiger partial charge in [0, 0.05) is 24.2 Å². The first kappa shape index (κ1) is 19.8. The number of ether oxygens (including phenoxy) is 1. The van der Waals surface area contributed by atoms with Crippen LogP contribution in [0.25, 0.3) is 5.57 Å². The topological polar surface area (TPSA) is 46.6 Å². The molecule has 0 aliphatic rings. The van der Waals surface area contributed by atoms with E-state index >= 15 is 0 Å². The smallest absolute Gasteiger partial charge is 0.237 e. The number of rotatable bonds is 6. The largest absolute Gasteiger partial charge is 0.497 e. The zero-order valence-corrected chi connectivity index (χ0v) is 16.1. The highest BCUT2D eigenvalue weighted by Gasteiger charge is 2.17. The lowest BCUT2D eigenvalue weighted by atomic mass is 10.1. The second kappa shape index (κ2) is 9.23. The summed E-state index contributed by atoms with van der Waals surface area (Å²) in [5.41, 5.74) is 1.98. The van der Waals surface area contributed by atoms with E-state index < -0.39 is 10.0 Å². The van der Waals surface area contributed by atoms with Crippen LogP contribution in [0.1, 0.15) is 25.0 Å². The molecule has 136 valence electrons. The van der Waals surface area contributed by atoms with Crippen molar-refractivity contribution >= 4 is 15.6 Å². The Labute approximate surface area is 156 Å². The van der Waals surface area contributed by atoms with Crippen LogP contribution in [0.2, 0.25) is 0 Å². The Morgan fingerprint density at radius 1 is 1.08 bits per heavy atom. The first-order valence-electron chi connectivity index (χ1n) is 8.43. The molecule has 5 heteroatoms. The van der Waals surface area contributed by atoms with E-state index in [1.807, 2.05) is 68.4 Å². The molecule has 2 aromatic rings. The van der Waals surface area contributed by atoms with Gasteiger partial charge in [-0.3, -0.25) is 0 Å². The molecule has 0 heterocycles. The number of hydrogen-bond acceptors (Lipinski definition) is 3. The van der Waals surface area contributed by atoms with Crippen LogP contribution in [0.5, 0.6) is 5.75 Å². The van der Waals surface area contributed by atoms with Crippen LogP contribution in [0.4, 0.5) is 0 Å². The van der Waals surface area contributed by atoms with E-state index in [1.165, 1.54) is 9.71 Å². The first-order valence-corrected chi connectivity index (χ1v) is 9.93. The van der Waals surface area contributed by atoms with Crippen LogP contribution in [0.15, 0.2) is 60.0 Å². The minimum Gasteiger partial charge on any atom is -0.497 e. The normalized spacial score (nSPS) is 11.8. The van der Waals surface area contributed by atoms with Crippen LogP contribution < -0.4 is 4.74 Å². The van der Waals surface area contributed by atoms with E-state index in [0.717, 1.165) is 11.1 Å². The highest BCUT2D eigenvalue weighted by atomic mass is 32.2. The average Bonchev–Trinajstić information content (AvgIpc) is 2.66. The Hall–Kier alpha value is -2.55. The molecular formula is C21H23NO3S. The van der Waals surface area contributed by atoms with Gasteiger partial charge in [0.25, 0.3) is 0 Å². The predicted molar refractivity (Wildman–Crippen MR) is 106 cm³/mol. The average molecular weight is 369 g/mol. The minimum absolute atomic E-state index is 0.417. The van der Waals surface area contributed by atoms with Gasteiger partial charge in [-0.2, -0.15) is 4.31 Å². The second-order valence-corrected chi connectivity index (χ2v) is 7.29. The maximum absolute atomic E-state index is 12.7. The predicted octanol–water partition coefficient (Wildman–Crippen LogP) is 3.76. The van der Waals surface area contributed by atoms with Crippen molar-refractivity contribution in [2.75, 3.05) is 20.2 Å². The van der Waals surface area contributed by atoms with Gasteiger partial charge in [-0.15, -0.1) is 0 Å². The van der Waals surface area contributed by atoms with Crippen LogP contribution in [-0.2, 0) is 10.0 Å². The standard InChI is InChI=1S/C21H23NO3S/c1-4-22(5-2)26(23,24)17-20(19-11-7-6-8-12-19)15-14-18-10-9-13-21(16-18)25-3/h6-13,16-17H,4-5H2,1-3H3/b20-17-. The molecule has 0 N–H and O–H groups in total. The van der Waals surface area contributed by atoms with Gasteiger partial charge in [-0.1, -0.05) is 62.1 Å². The molecule has 0 saturated carbocycles. The summed E-state index contributed by atoms with van der Waals surface area (Å²) in [5, 5.41) is 1.25. The van der Waals surface area contributed by atoms with Crippen molar-refractivity contribution in [3.63, 3.8) is 0 Å². The molecule has 0 aromatic heterocycles. The molecule has 0 fully saturated rings. The molecule has 2 rings (SSSR count). The Morgan fingerprint density at radius 2 is 1.77 bits per heavy atom. The summed E-state index contributed by atoms with van der Waals surface area (Å²) in [5.74, 6) is 6.75. The van der Waals surface area contributed by atoms with E-state index in [1.54, 1.807) is 7.11 Å². The monoisotopic (exact) mass is 369 g/mol. The van der Waals surface area contributed by atoms with Gasteiger partial charge in [0.2, 0.25) is 10.0 Å². The van der Waals surface area contributed by atoms with Crippen molar-refractivity contribution in [3.05, 3.63) is 71.1 Å². The number of methoxy groups -OCH3 is 1. The zero-order chi connectivity index (χ0) is 19.0. The molecule has 0 amide bonds. The van der Waals surface area contributed by atoms with Crippen molar-refractivity contribution in [1.82, 2.24) is 4.31 Å². The fourth-order valence-electron chi connectivity index (χ4n) is 2.43. The summed E-state index contributed by atoms with van der Waals surface area (Å²) in [4.78, 5) is 0. The lowest BCUT2D eigenvalue weighted by molar-refractivity contribution is 0.414. The van der Waals surface area contributed by atoms with E-state index in [4.69, 9.17) is 4.74 Å². The molecule has 2 aromatic carbocycles. The third-order valence-corrected chi connectivity index (χ3v) is 5.60. The highest BCUT2D eigenvalue weighted by molar-refractivity contribution is 7.92. The Bertz CT molecular complexity index is 918. The first-order chi connectivity index (χ1) is 12.5. The molecule has 0 aliphatic heterocycles. The molecule has 0 unspecified atom stereocenters. The van der Waals surface area contributed by atoms with E-state index in [2.05, 4.69) is 11.8 Å². The van der Waals surface area contributed by atoms with Gasteiger partial charge >= 0.3 is 0 Å². The molecule has 0 radical (unpaired) electrons. The molecule has 0 aliphatic carbocycles. The molecular weight excluding hydrogens is 346 g/mol. The third kappa shape index (κ3) is 5.22. The summed E-state index contributed by atoms with van der Waals surface area (Å²) in [6.45, 7) is 4.47. The van der Waals surface area contributed by atoms with E-state index in [0.29, 0.717) is 24.4 Å². The van der Waals surface area contributed by atoms with Crippen molar-refractivity contribution in [3.8, 4) is 17.6 Å². The fourth-order valence-corrected chi connectivity index (χ4v) is 3.80. The summed E-state index contributed by atoms with van der Waals surface area (Å²) in [6, 6.07) is 16.7. The Kier molecular flexibility index (Phi) is 7.02. The molecule has 0 spiro atoms. The van der Waals surface area contributed by atoms with Gasteiger partial charge in [0.15, 0.2) is 0 Å². The zero-order valence-electron chi connectivity index (χ0n) is 15.3. The van der Waals surface area contributed by atoms with E-state index in [9.17, 15) is 8.42 Å². The van der Waals surface area contributed by atoms with Gasteiger partial charge in [0.05, 0.1) is 12.5 Å². The molecule has 0 saturated heterocycles. The molecule has 0 bridgehead atoms. The lowest BCUT2D eigenvalue weighted by Crippen LogP contribution is -2.28.